The van der Waals surface area contributed by atoms with Gasteiger partial charge in [-0.25, -0.2) is 0 Å². The minimum Gasteiger partial charge on any atom is -0.310 e. The van der Waals surface area contributed by atoms with Crippen LogP contribution in [0, 0.1) is 0 Å². The number of rotatable bonds is 5. The summed E-state index contributed by atoms with van der Waals surface area (Å²) in [5.74, 6) is 0. The van der Waals surface area contributed by atoms with Crippen LogP contribution in [0.4, 0.5) is 17.1 Å². The zero-order valence-electron chi connectivity index (χ0n) is 18.1. The molecule has 0 aliphatic rings. The number of fused-ring (bicyclic) bond motifs is 3. The number of anilines is 3. The second kappa shape index (κ2) is 8.95. The molecule has 0 aliphatic heterocycles. The number of allylic oxidation sites excluding steroid dienone is 3. The van der Waals surface area contributed by atoms with Crippen LogP contribution in [-0.4, -0.2) is 0 Å². The van der Waals surface area contributed by atoms with Crippen molar-refractivity contribution >= 4 is 44.7 Å². The lowest BCUT2D eigenvalue weighted by Gasteiger charge is -2.27. The van der Waals surface area contributed by atoms with Crippen molar-refractivity contribution in [3.05, 3.63) is 133 Å². The Morgan fingerprint density at radius 3 is 1.88 bits per heavy atom. The van der Waals surface area contributed by atoms with E-state index in [4.69, 9.17) is 0 Å². The van der Waals surface area contributed by atoms with Gasteiger partial charge >= 0.3 is 0 Å². The Bertz CT molecular complexity index is 1370. The van der Waals surface area contributed by atoms with Crippen molar-refractivity contribution in [1.29, 1.82) is 0 Å². The van der Waals surface area contributed by atoms with Crippen LogP contribution in [0.3, 0.4) is 0 Å². The highest BCUT2D eigenvalue weighted by atomic mass is 15.1. The van der Waals surface area contributed by atoms with E-state index >= 15 is 0 Å². The molecule has 0 spiro atoms. The zero-order chi connectivity index (χ0) is 21.8. The first-order valence-corrected chi connectivity index (χ1v) is 11.0. The van der Waals surface area contributed by atoms with Gasteiger partial charge in [-0.05, 0) is 70.4 Å². The quantitative estimate of drug-likeness (QED) is 0.206. The fourth-order valence-corrected chi connectivity index (χ4v) is 4.24. The Hall–Kier alpha value is -4.10. The molecule has 0 unspecified atom stereocenters. The molecule has 1 nitrogen and oxygen atoms in total. The van der Waals surface area contributed by atoms with Gasteiger partial charge in [0.2, 0.25) is 0 Å². The van der Waals surface area contributed by atoms with Crippen molar-refractivity contribution in [2.24, 2.45) is 0 Å². The molecule has 0 aliphatic carbocycles. The minimum absolute atomic E-state index is 1.14. The van der Waals surface area contributed by atoms with Crippen LogP contribution in [0.15, 0.2) is 127 Å². The van der Waals surface area contributed by atoms with E-state index < -0.39 is 0 Å². The summed E-state index contributed by atoms with van der Waals surface area (Å²) in [6.45, 7) is 2.04. The molecule has 0 N–H and O–H groups in total. The molecule has 0 amide bonds. The van der Waals surface area contributed by atoms with Crippen LogP contribution in [0.1, 0.15) is 12.5 Å². The largest absolute Gasteiger partial charge is 0.310 e. The van der Waals surface area contributed by atoms with Crippen molar-refractivity contribution in [1.82, 2.24) is 0 Å². The van der Waals surface area contributed by atoms with E-state index in [2.05, 4.69) is 138 Å². The first-order chi connectivity index (χ1) is 15.8. The summed E-state index contributed by atoms with van der Waals surface area (Å²) in [4.78, 5) is 2.34. The third-order valence-corrected chi connectivity index (χ3v) is 5.74. The van der Waals surface area contributed by atoms with Crippen molar-refractivity contribution in [3.8, 4) is 0 Å². The van der Waals surface area contributed by atoms with E-state index in [0.29, 0.717) is 0 Å². The molecule has 5 aromatic rings. The number of para-hydroxylation sites is 2. The molecule has 0 radical (unpaired) electrons. The number of nitrogens with zero attached hydrogens (tertiary/aromatic N) is 1. The minimum atomic E-state index is 1.14. The Morgan fingerprint density at radius 2 is 1.19 bits per heavy atom. The Kier molecular flexibility index (Phi) is 5.55. The summed E-state index contributed by atoms with van der Waals surface area (Å²) in [6, 6.07) is 38.9. The molecule has 0 saturated carbocycles. The molecule has 0 heterocycles. The van der Waals surface area contributed by atoms with Crippen molar-refractivity contribution < 1.29 is 0 Å². The van der Waals surface area contributed by atoms with Crippen LogP contribution >= 0.6 is 0 Å². The summed E-state index contributed by atoms with van der Waals surface area (Å²) in [7, 11) is 0. The SMILES string of the molecule is C/C=C\C=C/c1cc2ccc3ccccc3c2cc1N(c1ccccc1)c1ccccc1. The van der Waals surface area contributed by atoms with Gasteiger partial charge in [-0.15, -0.1) is 0 Å². The summed E-state index contributed by atoms with van der Waals surface area (Å²) < 4.78 is 0. The topological polar surface area (TPSA) is 3.24 Å². The third kappa shape index (κ3) is 3.81. The fourth-order valence-electron chi connectivity index (χ4n) is 4.24. The lowest BCUT2D eigenvalue weighted by atomic mass is 9.97. The fraction of sp³-hybridized carbons (Fsp3) is 0.0323. The van der Waals surface area contributed by atoms with E-state index in [1.807, 2.05) is 6.92 Å². The van der Waals surface area contributed by atoms with Gasteiger partial charge in [0, 0.05) is 11.4 Å². The average molecular weight is 412 g/mol. The van der Waals surface area contributed by atoms with E-state index in [1.54, 1.807) is 0 Å². The van der Waals surface area contributed by atoms with Gasteiger partial charge in [0.1, 0.15) is 0 Å². The normalized spacial score (nSPS) is 11.7. The molecule has 0 bridgehead atoms. The highest BCUT2D eigenvalue weighted by Crippen LogP contribution is 2.40. The predicted octanol–water partition coefficient (Wildman–Crippen LogP) is 9.05. The lowest BCUT2D eigenvalue weighted by Crippen LogP contribution is -2.11. The first kappa shape index (κ1) is 19.8. The standard InChI is InChI=1S/C31H25N/c1-2-3-6-14-26-22-25-21-20-24-13-11-12-19-29(24)30(25)23-31(26)32(27-15-7-4-8-16-27)28-17-9-5-10-18-28/h2-23H,1H3/b3-2-,14-6-. The van der Waals surface area contributed by atoms with Crippen molar-refractivity contribution in [2.75, 3.05) is 4.90 Å². The van der Waals surface area contributed by atoms with Crippen LogP contribution in [0.2, 0.25) is 0 Å². The van der Waals surface area contributed by atoms with Gasteiger partial charge < -0.3 is 4.90 Å². The third-order valence-electron chi connectivity index (χ3n) is 5.74. The van der Waals surface area contributed by atoms with Gasteiger partial charge in [-0.3, -0.25) is 0 Å². The highest BCUT2D eigenvalue weighted by Gasteiger charge is 2.16. The number of hydrogen-bond acceptors (Lipinski definition) is 1. The smallest absolute Gasteiger partial charge is 0.0540 e. The molecule has 0 aromatic heterocycles. The Balaban J connectivity index is 1.84. The molecule has 32 heavy (non-hydrogen) atoms. The molecule has 5 rings (SSSR count). The summed E-state index contributed by atoms with van der Waals surface area (Å²) in [6.07, 6.45) is 8.43. The monoisotopic (exact) mass is 411 g/mol. The van der Waals surface area contributed by atoms with Crippen LogP contribution < -0.4 is 4.90 Å². The second-order valence-electron chi connectivity index (χ2n) is 7.81. The van der Waals surface area contributed by atoms with Crippen LogP contribution in [0.25, 0.3) is 27.6 Å². The van der Waals surface area contributed by atoms with E-state index in [-0.39, 0.29) is 0 Å². The van der Waals surface area contributed by atoms with E-state index in [1.165, 1.54) is 27.1 Å². The average Bonchev–Trinajstić information content (AvgIpc) is 2.86. The maximum Gasteiger partial charge on any atom is 0.0540 e. The van der Waals surface area contributed by atoms with Crippen LogP contribution in [-0.2, 0) is 0 Å². The molecule has 1 heteroatoms. The predicted molar refractivity (Wildman–Crippen MR) is 140 cm³/mol. The number of hydrogen-bond donors (Lipinski definition) is 0. The van der Waals surface area contributed by atoms with Gasteiger partial charge in [0.15, 0.2) is 0 Å². The number of benzene rings is 5. The zero-order valence-corrected chi connectivity index (χ0v) is 18.1. The van der Waals surface area contributed by atoms with Gasteiger partial charge in [0.05, 0.1) is 5.69 Å². The van der Waals surface area contributed by atoms with Gasteiger partial charge in [0.25, 0.3) is 0 Å². The maximum atomic E-state index is 2.34. The van der Waals surface area contributed by atoms with Crippen LogP contribution in [0.5, 0.6) is 0 Å². The molecule has 0 saturated heterocycles. The second-order valence-corrected chi connectivity index (χ2v) is 7.81. The first-order valence-electron chi connectivity index (χ1n) is 11.0. The van der Waals surface area contributed by atoms with Gasteiger partial charge in [-0.1, -0.05) is 97.1 Å². The summed E-state index contributed by atoms with van der Waals surface area (Å²) in [5, 5.41) is 5.04. The van der Waals surface area contributed by atoms with E-state index in [9.17, 15) is 0 Å². The Morgan fingerprint density at radius 1 is 0.562 bits per heavy atom. The van der Waals surface area contributed by atoms with Gasteiger partial charge in [-0.2, -0.15) is 0 Å². The van der Waals surface area contributed by atoms with E-state index in [0.717, 1.165) is 17.1 Å². The highest BCUT2D eigenvalue weighted by molar-refractivity contribution is 6.10. The lowest BCUT2D eigenvalue weighted by molar-refractivity contribution is 1.28. The molecule has 0 fully saturated rings. The Labute approximate surface area is 189 Å². The molecular weight excluding hydrogens is 386 g/mol. The van der Waals surface area contributed by atoms with Crippen molar-refractivity contribution in [3.63, 3.8) is 0 Å². The summed E-state index contributed by atoms with van der Waals surface area (Å²) >= 11 is 0. The molecule has 154 valence electrons. The molecular formula is C31H25N. The molecule has 5 aromatic carbocycles. The maximum absolute atomic E-state index is 2.34. The summed E-state index contributed by atoms with van der Waals surface area (Å²) in [5.41, 5.74) is 4.61. The van der Waals surface area contributed by atoms with Crippen molar-refractivity contribution in [2.45, 2.75) is 6.92 Å². The molecule has 0 atom stereocenters.